The van der Waals surface area contributed by atoms with Crippen LogP contribution >= 0.6 is 0 Å². The number of hydrogen-bond donors (Lipinski definition) is 3. The van der Waals surface area contributed by atoms with E-state index < -0.39 is 5.82 Å². The summed E-state index contributed by atoms with van der Waals surface area (Å²) >= 11 is 0. The van der Waals surface area contributed by atoms with Crippen LogP contribution in [0.15, 0.2) is 18.2 Å². The Morgan fingerprint density at radius 1 is 1.26 bits per heavy atom. The van der Waals surface area contributed by atoms with E-state index in [0.29, 0.717) is 24.9 Å². The lowest BCUT2D eigenvalue weighted by atomic mass is 9.96. The fraction of sp³-hybridized carbons (Fsp3) is 0.600. The van der Waals surface area contributed by atoms with Crippen molar-refractivity contribution in [1.82, 2.24) is 16.0 Å². The molecule has 6 nitrogen and oxygen atoms in total. The lowest BCUT2D eigenvalue weighted by molar-refractivity contribution is -0.121. The van der Waals surface area contributed by atoms with Crippen LogP contribution in [0.5, 0.6) is 5.75 Å². The van der Waals surface area contributed by atoms with E-state index in [-0.39, 0.29) is 29.8 Å². The van der Waals surface area contributed by atoms with Gasteiger partial charge in [-0.05, 0) is 43.9 Å². The molecule has 0 aromatic heterocycles. The van der Waals surface area contributed by atoms with Gasteiger partial charge in [-0.1, -0.05) is 25.3 Å². The van der Waals surface area contributed by atoms with Crippen molar-refractivity contribution in [3.05, 3.63) is 29.6 Å². The number of urea groups is 1. The second kappa shape index (κ2) is 10.7. The highest BCUT2D eigenvalue weighted by molar-refractivity contribution is 5.77. The largest absolute Gasteiger partial charge is 0.494 e. The molecule has 2 rings (SSSR count). The normalized spacial score (nSPS) is 15.7. The number of amides is 3. The molecule has 0 saturated heterocycles. The first kappa shape index (κ1) is 21.0. The van der Waals surface area contributed by atoms with E-state index in [1.165, 1.54) is 32.4 Å². The van der Waals surface area contributed by atoms with Gasteiger partial charge in [0, 0.05) is 19.0 Å². The maximum atomic E-state index is 13.8. The summed E-state index contributed by atoms with van der Waals surface area (Å²) in [5.41, 5.74) is 0.673. The van der Waals surface area contributed by atoms with Crippen molar-refractivity contribution < 1.29 is 18.7 Å². The Labute approximate surface area is 160 Å². The molecule has 1 saturated carbocycles. The Kier molecular flexibility index (Phi) is 8.36. The Hall–Kier alpha value is -2.31. The quantitative estimate of drug-likeness (QED) is 0.606. The van der Waals surface area contributed by atoms with Gasteiger partial charge < -0.3 is 20.7 Å². The lowest BCUT2D eigenvalue weighted by Crippen LogP contribution is -2.43. The molecule has 0 spiro atoms. The summed E-state index contributed by atoms with van der Waals surface area (Å²) in [6.07, 6.45) is 6.51. The summed E-state index contributed by atoms with van der Waals surface area (Å²) in [5, 5.41) is 8.62. The average molecular weight is 379 g/mol. The van der Waals surface area contributed by atoms with E-state index in [2.05, 4.69) is 16.0 Å². The van der Waals surface area contributed by atoms with Gasteiger partial charge in [0.2, 0.25) is 5.91 Å². The molecule has 1 aliphatic carbocycles. The van der Waals surface area contributed by atoms with Crippen LogP contribution < -0.4 is 20.7 Å². The fourth-order valence-corrected chi connectivity index (χ4v) is 3.28. The maximum Gasteiger partial charge on any atom is 0.315 e. The van der Waals surface area contributed by atoms with Crippen LogP contribution in [0.2, 0.25) is 0 Å². The molecular weight excluding hydrogens is 349 g/mol. The van der Waals surface area contributed by atoms with Gasteiger partial charge >= 0.3 is 6.03 Å². The summed E-state index contributed by atoms with van der Waals surface area (Å²) < 4.78 is 18.6. The van der Waals surface area contributed by atoms with Crippen LogP contribution in [0.1, 0.15) is 63.5 Å². The summed E-state index contributed by atoms with van der Waals surface area (Å²) in [6.45, 7) is 2.24. The maximum absolute atomic E-state index is 13.8. The fourth-order valence-electron chi connectivity index (χ4n) is 3.28. The van der Waals surface area contributed by atoms with Crippen LogP contribution in [0.25, 0.3) is 0 Å². The van der Waals surface area contributed by atoms with Gasteiger partial charge in [0.25, 0.3) is 0 Å². The predicted molar refractivity (Wildman–Crippen MR) is 102 cm³/mol. The monoisotopic (exact) mass is 379 g/mol. The molecule has 7 heteroatoms. The third-order valence-corrected chi connectivity index (χ3v) is 4.86. The van der Waals surface area contributed by atoms with Gasteiger partial charge in [-0.25, -0.2) is 9.18 Å². The minimum atomic E-state index is -0.454. The van der Waals surface area contributed by atoms with E-state index >= 15 is 0 Å². The van der Waals surface area contributed by atoms with Crippen LogP contribution in [0, 0.1) is 5.82 Å². The van der Waals surface area contributed by atoms with Gasteiger partial charge in [0.1, 0.15) is 0 Å². The molecule has 1 aliphatic rings. The van der Waals surface area contributed by atoms with Crippen molar-refractivity contribution in [3.8, 4) is 5.75 Å². The average Bonchev–Trinajstić information content (AvgIpc) is 2.66. The molecule has 0 bridgehead atoms. The third-order valence-electron chi connectivity index (χ3n) is 4.86. The first-order valence-corrected chi connectivity index (χ1v) is 9.66. The Morgan fingerprint density at radius 3 is 2.67 bits per heavy atom. The van der Waals surface area contributed by atoms with Gasteiger partial charge in [-0.15, -0.1) is 0 Å². The van der Waals surface area contributed by atoms with Gasteiger partial charge in [-0.2, -0.15) is 0 Å². The topological polar surface area (TPSA) is 79.5 Å². The smallest absolute Gasteiger partial charge is 0.315 e. The Morgan fingerprint density at radius 2 is 2.00 bits per heavy atom. The molecule has 1 aromatic carbocycles. The molecule has 27 heavy (non-hydrogen) atoms. The van der Waals surface area contributed by atoms with E-state index in [1.807, 2.05) is 0 Å². The molecule has 150 valence electrons. The van der Waals surface area contributed by atoms with Crippen molar-refractivity contribution in [2.24, 2.45) is 0 Å². The lowest BCUT2D eigenvalue weighted by Gasteiger charge is -2.22. The standard InChI is InChI=1S/C20H30FN3O3/c1-14(15-10-11-18(27-2)17(21)13-15)23-19(25)9-6-12-22-20(26)24-16-7-4-3-5-8-16/h10-11,13-14,16H,3-9,12H2,1-2H3,(H,23,25)(H2,22,24,26). The van der Waals surface area contributed by atoms with E-state index in [0.717, 1.165) is 12.8 Å². The number of methoxy groups -OCH3 is 1. The molecule has 0 radical (unpaired) electrons. The molecule has 1 atom stereocenters. The molecule has 1 fully saturated rings. The minimum Gasteiger partial charge on any atom is -0.494 e. The predicted octanol–water partition coefficient (Wildman–Crippen LogP) is 3.42. The van der Waals surface area contributed by atoms with Crippen molar-refractivity contribution in [3.63, 3.8) is 0 Å². The van der Waals surface area contributed by atoms with E-state index in [1.54, 1.807) is 19.1 Å². The van der Waals surface area contributed by atoms with E-state index in [9.17, 15) is 14.0 Å². The molecule has 0 aliphatic heterocycles. The summed E-state index contributed by atoms with van der Waals surface area (Å²) in [5.74, 6) is -0.410. The van der Waals surface area contributed by atoms with Crippen molar-refractivity contribution in [2.45, 2.75) is 64.0 Å². The number of benzene rings is 1. The molecule has 3 N–H and O–H groups in total. The molecule has 0 heterocycles. The van der Waals surface area contributed by atoms with Crippen LogP contribution in [-0.2, 0) is 4.79 Å². The van der Waals surface area contributed by atoms with Crippen LogP contribution in [-0.4, -0.2) is 31.6 Å². The molecule has 1 unspecified atom stereocenters. The highest BCUT2D eigenvalue weighted by Crippen LogP contribution is 2.21. The second-order valence-corrected chi connectivity index (χ2v) is 7.02. The second-order valence-electron chi connectivity index (χ2n) is 7.02. The highest BCUT2D eigenvalue weighted by Gasteiger charge is 2.15. The summed E-state index contributed by atoms with van der Waals surface area (Å²) in [4.78, 5) is 23.9. The number of ether oxygens (including phenoxy) is 1. The zero-order valence-electron chi connectivity index (χ0n) is 16.1. The van der Waals surface area contributed by atoms with Crippen LogP contribution in [0.4, 0.5) is 9.18 Å². The van der Waals surface area contributed by atoms with Gasteiger partial charge in [0.15, 0.2) is 11.6 Å². The number of rotatable bonds is 8. The number of nitrogens with one attached hydrogen (secondary N) is 3. The number of hydrogen-bond acceptors (Lipinski definition) is 3. The number of carbonyl (C=O) groups excluding carboxylic acids is 2. The molecular formula is C20H30FN3O3. The van der Waals surface area contributed by atoms with Crippen molar-refractivity contribution in [1.29, 1.82) is 0 Å². The zero-order chi connectivity index (χ0) is 19.6. The highest BCUT2D eigenvalue weighted by atomic mass is 19.1. The number of carbonyl (C=O) groups is 2. The molecule has 1 aromatic rings. The minimum absolute atomic E-state index is 0.131. The SMILES string of the molecule is COc1ccc(C(C)NC(=O)CCCNC(=O)NC2CCCCC2)cc1F. The first-order valence-electron chi connectivity index (χ1n) is 9.66. The van der Waals surface area contributed by atoms with E-state index in [4.69, 9.17) is 4.74 Å². The van der Waals surface area contributed by atoms with Crippen molar-refractivity contribution >= 4 is 11.9 Å². The Balaban J connectivity index is 1.63. The number of halogens is 1. The third kappa shape index (κ3) is 7.07. The summed E-state index contributed by atoms with van der Waals surface area (Å²) in [7, 11) is 1.41. The first-order chi connectivity index (χ1) is 13.0. The van der Waals surface area contributed by atoms with Gasteiger partial charge in [-0.3, -0.25) is 4.79 Å². The zero-order valence-corrected chi connectivity index (χ0v) is 16.1. The summed E-state index contributed by atoms with van der Waals surface area (Å²) in [6, 6.07) is 4.44. The van der Waals surface area contributed by atoms with Crippen LogP contribution in [0.3, 0.4) is 0 Å². The van der Waals surface area contributed by atoms with Gasteiger partial charge in [0.05, 0.1) is 13.2 Å². The Bertz CT molecular complexity index is 633. The molecule has 3 amide bonds. The van der Waals surface area contributed by atoms with Crippen molar-refractivity contribution in [2.75, 3.05) is 13.7 Å².